The second-order valence-corrected chi connectivity index (χ2v) is 9.72. The van der Waals surface area contributed by atoms with E-state index in [0.717, 1.165) is 13.2 Å². The number of rotatable bonds is 16. The maximum Gasteiger partial charge on any atom is 0.194 e. The van der Waals surface area contributed by atoms with Crippen molar-refractivity contribution in [2.24, 2.45) is 0 Å². The summed E-state index contributed by atoms with van der Waals surface area (Å²) in [5.41, 5.74) is -1.40. The molecule has 2 aromatic carbocycles. The first-order valence-electron chi connectivity index (χ1n) is 13.4. The van der Waals surface area contributed by atoms with Crippen molar-refractivity contribution in [3.8, 4) is 11.5 Å². The van der Waals surface area contributed by atoms with Gasteiger partial charge in [0.1, 0.15) is 35.9 Å². The second kappa shape index (κ2) is 19.3. The number of carbonyl (C=O) groups is 2. The van der Waals surface area contributed by atoms with Crippen LogP contribution in [-0.2, 0) is 14.2 Å². The molecule has 4 N–H and O–H groups in total. The van der Waals surface area contributed by atoms with Gasteiger partial charge in [-0.3, -0.25) is 9.59 Å². The molecule has 1 aliphatic heterocycles. The summed E-state index contributed by atoms with van der Waals surface area (Å²) in [4.78, 5) is 24.0. The summed E-state index contributed by atoms with van der Waals surface area (Å²) in [7, 11) is 0. The van der Waals surface area contributed by atoms with Crippen molar-refractivity contribution in [3.05, 3.63) is 59.7 Å². The second-order valence-electron chi connectivity index (χ2n) is 9.72. The van der Waals surface area contributed by atoms with E-state index in [1.54, 1.807) is 62.4 Å². The molecule has 41 heavy (non-hydrogen) atoms. The van der Waals surface area contributed by atoms with Crippen LogP contribution < -0.4 is 9.47 Å². The number of aliphatic hydroxyl groups excluding tert-OH is 3. The molecule has 0 aliphatic carbocycles. The van der Waals surface area contributed by atoms with Crippen LogP contribution in [-0.4, -0.2) is 109 Å². The maximum atomic E-state index is 12.3. The first kappa shape index (κ1) is 36.1. The van der Waals surface area contributed by atoms with Crippen molar-refractivity contribution in [3.63, 3.8) is 0 Å². The van der Waals surface area contributed by atoms with E-state index in [-0.39, 0.29) is 44.6 Å². The molecule has 11 nitrogen and oxygen atoms in total. The van der Waals surface area contributed by atoms with Crippen LogP contribution in [0.5, 0.6) is 11.5 Å². The van der Waals surface area contributed by atoms with Crippen molar-refractivity contribution in [2.75, 3.05) is 66.1 Å². The normalized spacial score (nSPS) is 12.3. The summed E-state index contributed by atoms with van der Waals surface area (Å²) in [6.45, 7) is 9.46. The smallest absolute Gasteiger partial charge is 0.194 e. The Bertz CT molecular complexity index is 992. The molecule has 0 saturated carbocycles. The molecule has 0 spiro atoms. The molecule has 0 atom stereocenters. The highest BCUT2D eigenvalue weighted by molar-refractivity contribution is 6.02. The van der Waals surface area contributed by atoms with Crippen LogP contribution in [0.15, 0.2) is 48.5 Å². The van der Waals surface area contributed by atoms with Gasteiger partial charge in [-0.2, -0.15) is 0 Å². The van der Waals surface area contributed by atoms with Gasteiger partial charge in [-0.25, -0.2) is 0 Å². The van der Waals surface area contributed by atoms with Gasteiger partial charge < -0.3 is 44.1 Å². The maximum absolute atomic E-state index is 12.3. The van der Waals surface area contributed by atoms with Crippen LogP contribution in [0.1, 0.15) is 48.4 Å². The van der Waals surface area contributed by atoms with Crippen LogP contribution in [0.4, 0.5) is 0 Å². The number of ketones is 2. The van der Waals surface area contributed by atoms with Gasteiger partial charge in [0.15, 0.2) is 11.6 Å². The van der Waals surface area contributed by atoms with Crippen LogP contribution >= 0.6 is 0 Å². The van der Waals surface area contributed by atoms with Crippen LogP contribution in [0, 0.1) is 0 Å². The Morgan fingerprint density at radius 2 is 1.12 bits per heavy atom. The SMILES string of the molecule is C1CO1.CC(C)(O)C(=O)c1ccc(OCCO)cc1.CC(C)(OCCO)C(=O)c1ccc(OCCOCCO)cc1. The summed E-state index contributed by atoms with van der Waals surface area (Å²) < 4.78 is 25.5. The molecule has 230 valence electrons. The van der Waals surface area contributed by atoms with Gasteiger partial charge in [0, 0.05) is 11.1 Å². The fourth-order valence-electron chi connectivity index (χ4n) is 3.02. The van der Waals surface area contributed by atoms with Gasteiger partial charge in [0.2, 0.25) is 0 Å². The van der Waals surface area contributed by atoms with Crippen molar-refractivity contribution < 1.29 is 53.7 Å². The van der Waals surface area contributed by atoms with E-state index < -0.39 is 11.2 Å². The Morgan fingerprint density at radius 3 is 1.54 bits per heavy atom. The van der Waals surface area contributed by atoms with E-state index in [0.29, 0.717) is 42.4 Å². The van der Waals surface area contributed by atoms with Crippen molar-refractivity contribution in [1.29, 1.82) is 0 Å². The highest BCUT2D eigenvalue weighted by Gasteiger charge is 2.29. The summed E-state index contributed by atoms with van der Waals surface area (Å²) in [5.74, 6) is 0.736. The zero-order valence-corrected chi connectivity index (χ0v) is 24.3. The molecule has 1 aliphatic rings. The molecule has 1 heterocycles. The third-order valence-electron chi connectivity index (χ3n) is 5.19. The number of Topliss-reactive ketones (excluding diaryl/α,β-unsaturated/α-hetero) is 2. The van der Waals surface area contributed by atoms with Gasteiger partial charge in [-0.15, -0.1) is 0 Å². The molecule has 0 aromatic heterocycles. The van der Waals surface area contributed by atoms with E-state index in [9.17, 15) is 14.7 Å². The predicted molar refractivity (Wildman–Crippen MR) is 152 cm³/mol. The van der Waals surface area contributed by atoms with Crippen molar-refractivity contribution in [1.82, 2.24) is 0 Å². The monoisotopic (exact) mass is 580 g/mol. The molecular formula is C30H44O11. The first-order chi connectivity index (χ1) is 19.5. The summed E-state index contributed by atoms with van der Waals surface area (Å²) >= 11 is 0. The number of hydrogen-bond donors (Lipinski definition) is 4. The molecule has 0 unspecified atom stereocenters. The Kier molecular flexibility index (Phi) is 17.0. The summed E-state index contributed by atoms with van der Waals surface area (Å²) in [5, 5.41) is 35.4. The quantitative estimate of drug-likeness (QED) is 0.130. The predicted octanol–water partition coefficient (Wildman–Crippen LogP) is 2.07. The fourth-order valence-corrected chi connectivity index (χ4v) is 3.02. The Labute approximate surface area is 241 Å². The number of aliphatic hydroxyl groups is 4. The number of epoxide rings is 1. The minimum atomic E-state index is -1.37. The van der Waals surface area contributed by atoms with Gasteiger partial charge in [0.05, 0.1) is 52.9 Å². The topological polar surface area (TPSA) is 165 Å². The molecule has 0 bridgehead atoms. The average Bonchev–Trinajstić information content (AvgIpc) is 3.85. The van der Waals surface area contributed by atoms with Crippen molar-refractivity contribution in [2.45, 2.75) is 38.9 Å². The average molecular weight is 581 g/mol. The lowest BCUT2D eigenvalue weighted by atomic mass is 9.96. The lowest BCUT2D eigenvalue weighted by molar-refractivity contribution is -0.0174. The Hall–Kier alpha value is -2.90. The highest BCUT2D eigenvalue weighted by atomic mass is 16.6. The molecule has 0 radical (unpaired) electrons. The molecule has 1 saturated heterocycles. The van der Waals surface area contributed by atoms with Gasteiger partial charge in [-0.05, 0) is 76.2 Å². The molecule has 11 heteroatoms. The van der Waals surface area contributed by atoms with E-state index >= 15 is 0 Å². The first-order valence-corrected chi connectivity index (χ1v) is 13.4. The van der Waals surface area contributed by atoms with Gasteiger partial charge >= 0.3 is 0 Å². The lowest BCUT2D eigenvalue weighted by Gasteiger charge is -2.23. The van der Waals surface area contributed by atoms with Gasteiger partial charge in [0.25, 0.3) is 0 Å². The zero-order chi connectivity index (χ0) is 30.7. The minimum absolute atomic E-state index is 0.00898. The van der Waals surface area contributed by atoms with Crippen molar-refractivity contribution >= 4 is 11.6 Å². The molecule has 1 fully saturated rings. The van der Waals surface area contributed by atoms with E-state index in [1.165, 1.54) is 13.8 Å². The number of carbonyl (C=O) groups excluding carboxylic acids is 2. The van der Waals surface area contributed by atoms with Crippen LogP contribution in [0.3, 0.4) is 0 Å². The third-order valence-corrected chi connectivity index (χ3v) is 5.19. The van der Waals surface area contributed by atoms with Crippen LogP contribution in [0.2, 0.25) is 0 Å². The summed E-state index contributed by atoms with van der Waals surface area (Å²) in [6.07, 6.45) is 0. The highest BCUT2D eigenvalue weighted by Crippen LogP contribution is 2.20. The Morgan fingerprint density at radius 1 is 0.683 bits per heavy atom. The largest absolute Gasteiger partial charge is 0.491 e. The van der Waals surface area contributed by atoms with E-state index in [1.807, 2.05) is 0 Å². The molecule has 0 amide bonds. The zero-order valence-electron chi connectivity index (χ0n) is 24.3. The van der Waals surface area contributed by atoms with Gasteiger partial charge in [-0.1, -0.05) is 0 Å². The van der Waals surface area contributed by atoms with Crippen LogP contribution in [0.25, 0.3) is 0 Å². The third kappa shape index (κ3) is 15.6. The molecule has 3 rings (SSSR count). The summed E-state index contributed by atoms with van der Waals surface area (Å²) in [6, 6.07) is 13.2. The molecule has 2 aromatic rings. The number of ether oxygens (including phenoxy) is 5. The lowest BCUT2D eigenvalue weighted by Crippen LogP contribution is -2.36. The van der Waals surface area contributed by atoms with E-state index in [4.69, 9.17) is 34.3 Å². The minimum Gasteiger partial charge on any atom is -0.491 e. The number of benzene rings is 2. The Balaban J connectivity index is 0.000000385. The van der Waals surface area contributed by atoms with E-state index in [2.05, 4.69) is 4.74 Å². The molecular weight excluding hydrogens is 536 g/mol. The standard InChI is InChI=1S/C16H24O6.C12H16O4.C2H4O/c1-16(2,22-10-8-18)15(19)13-3-5-14(6-4-13)21-12-11-20-9-7-17;1-12(2,15)11(14)9-3-5-10(6-4-9)16-8-7-13;1-2-3-1/h3-6,17-18H,7-12H2,1-2H3;3-6,13,15H,7-8H2,1-2H3;1-2H2. The fraction of sp³-hybridized carbons (Fsp3) is 0.533. The number of hydrogen-bond acceptors (Lipinski definition) is 11.